The van der Waals surface area contributed by atoms with Crippen LogP contribution in [-0.2, 0) is 32.8 Å². The molecule has 34 heavy (non-hydrogen) atoms. The van der Waals surface area contributed by atoms with Crippen LogP contribution in [0.5, 0.6) is 5.75 Å². The third-order valence-electron chi connectivity index (χ3n) is 7.07. The number of benzene rings is 2. The largest absolute Gasteiger partial charge is 0.496 e. The Labute approximate surface area is 198 Å². The quantitative estimate of drug-likeness (QED) is 0.638. The number of amides is 4. The van der Waals surface area contributed by atoms with E-state index < -0.39 is 11.6 Å². The summed E-state index contributed by atoms with van der Waals surface area (Å²) in [6, 6.07) is 14.7. The molecule has 1 spiro atoms. The summed E-state index contributed by atoms with van der Waals surface area (Å²) in [5.41, 5.74) is 1.67. The number of ether oxygens (including phenoxy) is 2. The van der Waals surface area contributed by atoms with Crippen molar-refractivity contribution >= 4 is 17.8 Å². The third kappa shape index (κ3) is 3.92. The first kappa shape index (κ1) is 22.4. The Morgan fingerprint density at radius 2 is 2.00 bits per heavy atom. The minimum Gasteiger partial charge on any atom is -0.496 e. The van der Waals surface area contributed by atoms with Gasteiger partial charge in [0.15, 0.2) is 0 Å². The number of aryl methyl sites for hydroxylation is 1. The second-order valence-corrected chi connectivity index (χ2v) is 9.11. The molecule has 8 heteroatoms. The fourth-order valence-corrected chi connectivity index (χ4v) is 5.30. The molecular formula is C26H29N3O5. The van der Waals surface area contributed by atoms with Crippen LogP contribution >= 0.6 is 0 Å². The van der Waals surface area contributed by atoms with E-state index in [1.54, 1.807) is 12.0 Å². The molecule has 2 aromatic rings. The highest BCUT2D eigenvalue weighted by atomic mass is 16.5. The Morgan fingerprint density at radius 3 is 2.79 bits per heavy atom. The van der Waals surface area contributed by atoms with Gasteiger partial charge in [-0.1, -0.05) is 42.5 Å². The summed E-state index contributed by atoms with van der Waals surface area (Å²) in [7, 11) is 1.59. The lowest BCUT2D eigenvalue weighted by Crippen LogP contribution is -2.46. The summed E-state index contributed by atoms with van der Waals surface area (Å²) in [6.07, 6.45) is 2.98. The van der Waals surface area contributed by atoms with Gasteiger partial charge in [-0.05, 0) is 42.9 Å². The third-order valence-corrected chi connectivity index (χ3v) is 7.07. The number of rotatable bonds is 7. The highest BCUT2D eigenvalue weighted by molar-refractivity contribution is 6.09. The number of urea groups is 1. The van der Waals surface area contributed by atoms with E-state index in [4.69, 9.17) is 9.47 Å². The monoisotopic (exact) mass is 463 g/mol. The van der Waals surface area contributed by atoms with Gasteiger partial charge in [-0.15, -0.1) is 0 Å². The minimum atomic E-state index is -1.07. The number of nitrogens with zero attached hydrogens (tertiary/aromatic N) is 2. The van der Waals surface area contributed by atoms with Gasteiger partial charge >= 0.3 is 6.03 Å². The zero-order valence-corrected chi connectivity index (χ0v) is 19.3. The summed E-state index contributed by atoms with van der Waals surface area (Å²) >= 11 is 0. The van der Waals surface area contributed by atoms with E-state index in [0.29, 0.717) is 38.3 Å². The van der Waals surface area contributed by atoms with Crippen LogP contribution < -0.4 is 10.1 Å². The first-order valence-corrected chi connectivity index (χ1v) is 11.8. The van der Waals surface area contributed by atoms with Crippen LogP contribution in [0.15, 0.2) is 48.5 Å². The normalized spacial score (nSPS) is 23.3. The first-order valence-electron chi connectivity index (χ1n) is 11.8. The number of hydrogen-bond acceptors (Lipinski definition) is 5. The van der Waals surface area contributed by atoms with E-state index in [2.05, 4.69) is 5.32 Å². The minimum absolute atomic E-state index is 0.0604. The predicted molar refractivity (Wildman–Crippen MR) is 124 cm³/mol. The lowest BCUT2D eigenvalue weighted by Gasteiger charge is -2.28. The van der Waals surface area contributed by atoms with E-state index in [0.717, 1.165) is 34.4 Å². The molecule has 0 aromatic heterocycles. The number of imide groups is 1. The molecule has 2 atom stereocenters. The van der Waals surface area contributed by atoms with E-state index >= 15 is 0 Å². The van der Waals surface area contributed by atoms with E-state index in [9.17, 15) is 14.4 Å². The number of carbonyl (C=O) groups is 3. The molecule has 178 valence electrons. The first-order chi connectivity index (χ1) is 16.5. The van der Waals surface area contributed by atoms with Crippen molar-refractivity contribution in [1.29, 1.82) is 0 Å². The second kappa shape index (κ2) is 9.10. The van der Waals surface area contributed by atoms with Crippen molar-refractivity contribution in [2.24, 2.45) is 0 Å². The molecule has 2 aliphatic heterocycles. The molecular weight excluding hydrogens is 434 g/mol. The Bertz CT molecular complexity index is 1110. The number of nitrogens with one attached hydrogen (secondary N) is 1. The fourth-order valence-electron chi connectivity index (χ4n) is 5.30. The van der Waals surface area contributed by atoms with Crippen molar-refractivity contribution in [2.75, 3.05) is 26.8 Å². The fraction of sp³-hybridized carbons (Fsp3) is 0.423. The van der Waals surface area contributed by atoms with Gasteiger partial charge in [-0.3, -0.25) is 14.5 Å². The van der Waals surface area contributed by atoms with Crippen molar-refractivity contribution in [1.82, 2.24) is 15.1 Å². The Balaban J connectivity index is 1.36. The highest BCUT2D eigenvalue weighted by Crippen LogP contribution is 2.41. The molecule has 0 saturated carbocycles. The zero-order chi connectivity index (χ0) is 23.7. The summed E-state index contributed by atoms with van der Waals surface area (Å²) < 4.78 is 11.2. The SMILES string of the molecule is COc1ccccc1CN(CC1CCCO1)C(=O)CN1C(=O)NC2(CCc3ccccc32)C1=O. The molecule has 2 aromatic carbocycles. The van der Waals surface area contributed by atoms with Crippen LogP contribution in [0.4, 0.5) is 4.79 Å². The van der Waals surface area contributed by atoms with Gasteiger partial charge in [0.1, 0.15) is 17.8 Å². The van der Waals surface area contributed by atoms with E-state index in [1.165, 1.54) is 0 Å². The van der Waals surface area contributed by atoms with Crippen LogP contribution in [0.25, 0.3) is 0 Å². The lowest BCUT2D eigenvalue weighted by molar-refractivity contribution is -0.140. The number of fused-ring (bicyclic) bond motifs is 2. The number of carbonyl (C=O) groups excluding carboxylic acids is 3. The van der Waals surface area contributed by atoms with E-state index in [-0.39, 0.29) is 24.5 Å². The maximum absolute atomic E-state index is 13.5. The molecule has 1 aliphatic carbocycles. The van der Waals surface area contributed by atoms with Crippen molar-refractivity contribution < 1.29 is 23.9 Å². The Morgan fingerprint density at radius 1 is 1.21 bits per heavy atom. The highest BCUT2D eigenvalue weighted by Gasteiger charge is 2.55. The lowest BCUT2D eigenvalue weighted by atomic mass is 9.92. The van der Waals surface area contributed by atoms with Gasteiger partial charge in [0.2, 0.25) is 5.91 Å². The van der Waals surface area contributed by atoms with Gasteiger partial charge in [0.25, 0.3) is 5.91 Å². The number of para-hydroxylation sites is 1. The van der Waals surface area contributed by atoms with Crippen LogP contribution in [0.3, 0.4) is 0 Å². The van der Waals surface area contributed by atoms with E-state index in [1.807, 2.05) is 48.5 Å². The summed E-state index contributed by atoms with van der Waals surface area (Å²) in [4.78, 5) is 42.6. The molecule has 3 aliphatic rings. The van der Waals surface area contributed by atoms with Crippen LogP contribution in [0.2, 0.25) is 0 Å². The number of methoxy groups -OCH3 is 1. The molecule has 2 unspecified atom stereocenters. The predicted octanol–water partition coefficient (Wildman–Crippen LogP) is 2.60. The molecule has 0 bridgehead atoms. The van der Waals surface area contributed by atoms with Gasteiger partial charge in [-0.25, -0.2) is 4.79 Å². The average Bonchev–Trinajstić information content (AvgIpc) is 3.55. The summed E-state index contributed by atoms with van der Waals surface area (Å²) in [5.74, 6) is 0.0301. The van der Waals surface area contributed by atoms with Crippen LogP contribution in [-0.4, -0.2) is 60.6 Å². The molecule has 2 saturated heterocycles. The van der Waals surface area contributed by atoms with Gasteiger partial charge in [-0.2, -0.15) is 0 Å². The van der Waals surface area contributed by atoms with Crippen LogP contribution in [0, 0.1) is 0 Å². The zero-order valence-electron chi connectivity index (χ0n) is 19.3. The smallest absolute Gasteiger partial charge is 0.325 e. The standard InChI is InChI=1S/C26H29N3O5/c1-33-22-11-5-3-8-19(22)15-28(16-20-9-6-14-34-20)23(30)17-29-24(31)26(27-25(29)32)13-12-18-7-2-4-10-21(18)26/h2-5,7-8,10-11,20H,6,9,12-17H2,1H3,(H,27,32). The van der Waals surface area contributed by atoms with Gasteiger partial charge in [0.05, 0.1) is 13.2 Å². The molecule has 2 fully saturated rings. The van der Waals surface area contributed by atoms with Gasteiger partial charge in [0, 0.05) is 25.3 Å². The van der Waals surface area contributed by atoms with Crippen molar-refractivity contribution in [2.45, 2.75) is 43.9 Å². The molecule has 0 radical (unpaired) electrons. The Hall–Kier alpha value is -3.39. The molecule has 5 rings (SSSR count). The van der Waals surface area contributed by atoms with Gasteiger partial charge < -0.3 is 19.7 Å². The molecule has 4 amide bonds. The average molecular weight is 464 g/mol. The second-order valence-electron chi connectivity index (χ2n) is 9.11. The maximum atomic E-state index is 13.5. The maximum Gasteiger partial charge on any atom is 0.325 e. The van der Waals surface area contributed by atoms with Crippen molar-refractivity contribution in [3.8, 4) is 5.75 Å². The molecule has 1 N–H and O–H groups in total. The number of hydrogen-bond donors (Lipinski definition) is 1. The summed E-state index contributed by atoms with van der Waals surface area (Å²) in [6.45, 7) is 1.07. The molecule has 2 heterocycles. The van der Waals surface area contributed by atoms with Crippen molar-refractivity contribution in [3.63, 3.8) is 0 Å². The van der Waals surface area contributed by atoms with Crippen molar-refractivity contribution in [3.05, 3.63) is 65.2 Å². The topological polar surface area (TPSA) is 88.2 Å². The molecule has 8 nitrogen and oxygen atoms in total. The van der Waals surface area contributed by atoms with Crippen LogP contribution in [0.1, 0.15) is 36.0 Å². The Kier molecular flexibility index (Phi) is 6.00. The summed E-state index contributed by atoms with van der Waals surface area (Å²) in [5, 5.41) is 2.89.